The van der Waals surface area contributed by atoms with Gasteiger partial charge in [0, 0.05) is 57.0 Å². The molecule has 0 radical (unpaired) electrons. The molecule has 3 heterocycles. The number of nitro groups is 1. The maximum atomic E-state index is 13.2. The van der Waals surface area contributed by atoms with Crippen LogP contribution in [0.15, 0.2) is 60.8 Å². The minimum atomic E-state index is -0.455. The molecule has 0 saturated carbocycles. The Balaban J connectivity index is 1.22. The average Bonchev–Trinajstić information content (AvgIpc) is 3.37. The van der Waals surface area contributed by atoms with Gasteiger partial charge in [0.05, 0.1) is 23.3 Å². The van der Waals surface area contributed by atoms with E-state index in [1.807, 2.05) is 31.2 Å². The van der Waals surface area contributed by atoms with Crippen LogP contribution in [-0.2, 0) is 13.0 Å². The van der Waals surface area contributed by atoms with Crippen LogP contribution in [0.2, 0.25) is 0 Å². The lowest BCUT2D eigenvalue weighted by Crippen LogP contribution is -2.48. The van der Waals surface area contributed by atoms with Crippen molar-refractivity contribution in [1.29, 1.82) is 0 Å². The van der Waals surface area contributed by atoms with E-state index in [1.165, 1.54) is 17.2 Å². The van der Waals surface area contributed by atoms with Crippen molar-refractivity contribution in [2.75, 3.05) is 38.1 Å². The number of aromatic nitrogens is 1. The van der Waals surface area contributed by atoms with Gasteiger partial charge in [-0.2, -0.15) is 0 Å². The van der Waals surface area contributed by atoms with Crippen LogP contribution in [0.4, 0.5) is 11.4 Å². The van der Waals surface area contributed by atoms with Gasteiger partial charge in [-0.3, -0.25) is 24.8 Å². The van der Waals surface area contributed by atoms with Gasteiger partial charge >= 0.3 is 0 Å². The lowest BCUT2D eigenvalue weighted by atomic mass is 10.1. The van der Waals surface area contributed by atoms with Crippen molar-refractivity contribution < 1.29 is 14.5 Å². The number of amides is 1. The molecule has 5 rings (SSSR count). The maximum absolute atomic E-state index is 13.2. The fourth-order valence-electron chi connectivity index (χ4n) is 4.77. The minimum absolute atomic E-state index is 0.122. The predicted molar refractivity (Wildman–Crippen MR) is 136 cm³/mol. The molecule has 1 aromatic heterocycles. The molecular weight excluding hydrogens is 458 g/mol. The van der Waals surface area contributed by atoms with Crippen LogP contribution in [0.3, 0.4) is 0 Å². The van der Waals surface area contributed by atoms with Crippen molar-refractivity contribution in [3.63, 3.8) is 0 Å². The number of nitrogens with zero attached hydrogens (tertiary/aromatic N) is 4. The zero-order valence-electron chi connectivity index (χ0n) is 20.2. The van der Waals surface area contributed by atoms with Crippen LogP contribution < -0.4 is 10.1 Å². The summed E-state index contributed by atoms with van der Waals surface area (Å²) in [5, 5.41) is 14.9. The number of benzene rings is 2. The Hall–Kier alpha value is -3.98. The number of carbonyl (C=O) groups is 1. The van der Waals surface area contributed by atoms with Gasteiger partial charge in [-0.15, -0.1) is 0 Å². The molecule has 1 N–H and O–H groups in total. The summed E-state index contributed by atoms with van der Waals surface area (Å²) in [5.41, 5.74) is 3.85. The number of nitro benzene ring substituents is 1. The van der Waals surface area contributed by atoms with Gasteiger partial charge in [-0.1, -0.05) is 18.2 Å². The van der Waals surface area contributed by atoms with Gasteiger partial charge in [-0.05, 0) is 48.4 Å². The molecule has 9 heteroatoms. The Kier molecular flexibility index (Phi) is 6.81. The summed E-state index contributed by atoms with van der Waals surface area (Å²) in [7, 11) is 0. The van der Waals surface area contributed by atoms with Crippen LogP contribution in [0.5, 0.6) is 5.75 Å². The topological polar surface area (TPSA) is 101 Å². The Labute approximate surface area is 209 Å². The number of anilines is 1. The molecule has 1 unspecified atom stereocenters. The highest BCUT2D eigenvalue weighted by molar-refractivity contribution is 5.95. The molecule has 1 saturated heterocycles. The summed E-state index contributed by atoms with van der Waals surface area (Å²) in [6.07, 6.45) is 2.64. The SMILES string of the molecule is CC(Nc1ccc(C(=O)N2CCN(Cc3ccc4c(c3)CCO4)CC2)cc1[N+](=O)[O-])c1ccccn1. The first-order valence-electron chi connectivity index (χ1n) is 12.2. The summed E-state index contributed by atoms with van der Waals surface area (Å²) >= 11 is 0. The molecule has 0 spiro atoms. The van der Waals surface area contributed by atoms with E-state index < -0.39 is 4.92 Å². The first kappa shape index (κ1) is 23.7. The van der Waals surface area contributed by atoms with E-state index in [4.69, 9.17) is 4.74 Å². The van der Waals surface area contributed by atoms with Gasteiger partial charge in [0.15, 0.2) is 0 Å². The van der Waals surface area contributed by atoms with Crippen LogP contribution in [-0.4, -0.2) is 58.4 Å². The highest BCUT2D eigenvalue weighted by atomic mass is 16.6. The standard InChI is InChI=1S/C27H29N5O4/c1-19(23-4-2-3-10-28-23)29-24-7-6-22(17-25(24)32(34)35)27(33)31-13-11-30(12-14-31)18-20-5-8-26-21(16-20)9-15-36-26/h2-8,10,16-17,19,29H,9,11-15,18H2,1H3. The van der Waals surface area contributed by atoms with Gasteiger partial charge in [0.1, 0.15) is 11.4 Å². The fraction of sp³-hybridized carbons (Fsp3) is 0.333. The minimum Gasteiger partial charge on any atom is -0.493 e. The average molecular weight is 488 g/mol. The monoisotopic (exact) mass is 487 g/mol. The van der Waals surface area contributed by atoms with Crippen molar-refractivity contribution >= 4 is 17.3 Å². The second-order valence-electron chi connectivity index (χ2n) is 9.22. The van der Waals surface area contributed by atoms with Gasteiger partial charge in [0.2, 0.25) is 0 Å². The smallest absolute Gasteiger partial charge is 0.293 e. The molecule has 0 bridgehead atoms. The fourth-order valence-corrected chi connectivity index (χ4v) is 4.77. The number of piperazine rings is 1. The number of hydrogen-bond donors (Lipinski definition) is 1. The molecule has 1 atom stereocenters. The van der Waals surface area contributed by atoms with Crippen molar-refractivity contribution in [1.82, 2.24) is 14.8 Å². The molecule has 0 aliphatic carbocycles. The highest BCUT2D eigenvalue weighted by Crippen LogP contribution is 2.30. The molecule has 2 aliphatic rings. The third-order valence-corrected chi connectivity index (χ3v) is 6.76. The Morgan fingerprint density at radius 3 is 2.72 bits per heavy atom. The first-order chi connectivity index (χ1) is 17.5. The molecular formula is C27H29N5O4. The van der Waals surface area contributed by atoms with Crippen molar-refractivity contribution in [3.05, 3.63) is 93.3 Å². The van der Waals surface area contributed by atoms with Gasteiger partial charge in [-0.25, -0.2) is 0 Å². The number of nitrogens with one attached hydrogen (secondary N) is 1. The van der Waals surface area contributed by atoms with E-state index >= 15 is 0 Å². The normalized spacial score (nSPS) is 16.2. The molecule has 1 amide bonds. The lowest BCUT2D eigenvalue weighted by Gasteiger charge is -2.34. The van der Waals surface area contributed by atoms with Gasteiger partial charge < -0.3 is 15.0 Å². The molecule has 2 aliphatic heterocycles. The zero-order valence-corrected chi connectivity index (χ0v) is 20.2. The third kappa shape index (κ3) is 5.16. The molecule has 186 valence electrons. The molecule has 3 aromatic rings. The van der Waals surface area contributed by atoms with Crippen LogP contribution >= 0.6 is 0 Å². The summed E-state index contributed by atoms with van der Waals surface area (Å²) in [6, 6.07) is 16.3. The Morgan fingerprint density at radius 2 is 1.97 bits per heavy atom. The molecule has 36 heavy (non-hydrogen) atoms. The summed E-state index contributed by atoms with van der Waals surface area (Å²) in [6.45, 7) is 6.13. The van der Waals surface area contributed by atoms with E-state index in [0.717, 1.165) is 44.1 Å². The molecule has 9 nitrogen and oxygen atoms in total. The quantitative estimate of drug-likeness (QED) is 0.396. The number of hydrogen-bond acceptors (Lipinski definition) is 7. The molecule has 2 aromatic carbocycles. The number of rotatable bonds is 7. The van der Waals surface area contributed by atoms with E-state index in [0.29, 0.717) is 24.3 Å². The second-order valence-corrected chi connectivity index (χ2v) is 9.22. The van der Waals surface area contributed by atoms with Crippen LogP contribution in [0.25, 0.3) is 0 Å². The van der Waals surface area contributed by atoms with E-state index in [-0.39, 0.29) is 17.6 Å². The number of ether oxygens (including phenoxy) is 1. The molecule has 1 fully saturated rings. The summed E-state index contributed by atoms with van der Waals surface area (Å²) < 4.78 is 5.59. The number of pyridine rings is 1. The zero-order chi connectivity index (χ0) is 25.1. The summed E-state index contributed by atoms with van der Waals surface area (Å²) in [5.74, 6) is 0.799. The van der Waals surface area contributed by atoms with E-state index in [2.05, 4.69) is 27.3 Å². The largest absolute Gasteiger partial charge is 0.493 e. The van der Waals surface area contributed by atoms with Crippen molar-refractivity contribution in [3.8, 4) is 5.75 Å². The first-order valence-corrected chi connectivity index (χ1v) is 12.2. The summed E-state index contributed by atoms with van der Waals surface area (Å²) in [4.78, 5) is 32.9. The third-order valence-electron chi connectivity index (χ3n) is 6.76. The van der Waals surface area contributed by atoms with E-state index in [1.54, 1.807) is 23.2 Å². The van der Waals surface area contributed by atoms with Crippen molar-refractivity contribution in [2.45, 2.75) is 25.9 Å². The lowest BCUT2D eigenvalue weighted by molar-refractivity contribution is -0.384. The van der Waals surface area contributed by atoms with E-state index in [9.17, 15) is 14.9 Å². The van der Waals surface area contributed by atoms with Crippen LogP contribution in [0, 0.1) is 10.1 Å². The number of carbonyl (C=O) groups excluding carboxylic acids is 1. The van der Waals surface area contributed by atoms with Gasteiger partial charge in [0.25, 0.3) is 11.6 Å². The Bertz CT molecular complexity index is 1260. The highest BCUT2D eigenvalue weighted by Gasteiger charge is 2.25. The van der Waals surface area contributed by atoms with Crippen molar-refractivity contribution in [2.24, 2.45) is 0 Å². The van der Waals surface area contributed by atoms with Crippen LogP contribution in [0.1, 0.15) is 40.1 Å². The predicted octanol–water partition coefficient (Wildman–Crippen LogP) is 4.06. The Morgan fingerprint density at radius 1 is 1.14 bits per heavy atom. The second kappa shape index (κ2) is 10.3. The number of fused-ring (bicyclic) bond motifs is 1. The maximum Gasteiger partial charge on any atom is 0.293 e.